The molecule has 0 spiro atoms. The number of aliphatic hydroxyl groups excluding tert-OH is 1. The van der Waals surface area contributed by atoms with E-state index in [2.05, 4.69) is 16.8 Å². The van der Waals surface area contributed by atoms with Gasteiger partial charge in [-0.25, -0.2) is 0 Å². The Bertz CT molecular complexity index is 367. The van der Waals surface area contributed by atoms with Gasteiger partial charge in [0.15, 0.2) is 0 Å². The molecule has 1 N–H and O–H groups in total. The van der Waals surface area contributed by atoms with Crippen molar-refractivity contribution in [2.24, 2.45) is 5.92 Å². The molecule has 0 aromatic carbocycles. The van der Waals surface area contributed by atoms with E-state index in [-0.39, 0.29) is 12.6 Å². The first-order chi connectivity index (χ1) is 8.74. The topological polar surface area (TPSA) is 45.6 Å². The molecule has 4 heteroatoms. The van der Waals surface area contributed by atoms with Gasteiger partial charge in [0.05, 0.1) is 25.1 Å². The number of hydrogen-bond donors (Lipinski definition) is 1. The number of likely N-dealkylation sites (tertiary alicyclic amines) is 1. The summed E-state index contributed by atoms with van der Waals surface area (Å²) in [6, 6.07) is 4.24. The maximum absolute atomic E-state index is 9.42. The third-order valence-electron chi connectivity index (χ3n) is 3.66. The molecular formula is C14H22N2O2. The van der Waals surface area contributed by atoms with E-state index in [0.717, 1.165) is 31.0 Å². The van der Waals surface area contributed by atoms with Gasteiger partial charge >= 0.3 is 0 Å². The van der Waals surface area contributed by atoms with Crippen molar-refractivity contribution in [3.8, 4) is 5.75 Å². The first-order valence-electron chi connectivity index (χ1n) is 6.67. The van der Waals surface area contributed by atoms with Gasteiger partial charge in [-0.05, 0) is 37.9 Å². The molecule has 100 valence electrons. The van der Waals surface area contributed by atoms with Crippen LogP contribution in [0, 0.1) is 5.92 Å². The Balaban J connectivity index is 1.96. The van der Waals surface area contributed by atoms with Crippen molar-refractivity contribution in [2.45, 2.75) is 32.9 Å². The monoisotopic (exact) mass is 250 g/mol. The standard InChI is InChI=1S/C14H22N2O2/c1-3-18-13-5-4-12(15-8-13)9-16-7-6-11(2)14(16)10-17/h4-5,8,11,14,17H,3,6-7,9-10H2,1-2H3/t11-,14+/m1/s1. The van der Waals surface area contributed by atoms with Gasteiger partial charge in [0.25, 0.3) is 0 Å². The molecule has 0 amide bonds. The quantitative estimate of drug-likeness (QED) is 0.863. The summed E-state index contributed by atoms with van der Waals surface area (Å²) in [5.74, 6) is 1.38. The molecule has 1 aliphatic rings. The summed E-state index contributed by atoms with van der Waals surface area (Å²) < 4.78 is 5.37. The number of aliphatic hydroxyl groups is 1. The average Bonchev–Trinajstić information content (AvgIpc) is 2.72. The Hall–Kier alpha value is -1.13. The molecule has 0 bridgehead atoms. The van der Waals surface area contributed by atoms with Gasteiger partial charge in [-0.15, -0.1) is 0 Å². The molecule has 0 saturated carbocycles. The van der Waals surface area contributed by atoms with Crippen molar-refractivity contribution >= 4 is 0 Å². The summed E-state index contributed by atoms with van der Waals surface area (Å²) >= 11 is 0. The van der Waals surface area contributed by atoms with Crippen molar-refractivity contribution < 1.29 is 9.84 Å². The van der Waals surface area contributed by atoms with Gasteiger partial charge in [0, 0.05) is 12.6 Å². The van der Waals surface area contributed by atoms with E-state index in [0.29, 0.717) is 12.5 Å². The molecule has 1 fully saturated rings. The number of hydrogen-bond acceptors (Lipinski definition) is 4. The summed E-state index contributed by atoms with van der Waals surface area (Å²) in [4.78, 5) is 6.72. The first-order valence-corrected chi connectivity index (χ1v) is 6.67. The third-order valence-corrected chi connectivity index (χ3v) is 3.66. The molecule has 2 rings (SSSR count). The van der Waals surface area contributed by atoms with Crippen LogP contribution >= 0.6 is 0 Å². The van der Waals surface area contributed by atoms with Crippen molar-refractivity contribution in [1.29, 1.82) is 0 Å². The molecule has 1 aliphatic heterocycles. The Kier molecular flexibility index (Phi) is 4.55. The summed E-state index contributed by atoms with van der Waals surface area (Å²) in [5, 5.41) is 9.42. The minimum absolute atomic E-state index is 0.234. The van der Waals surface area contributed by atoms with Crippen LogP contribution in [0.4, 0.5) is 0 Å². The molecule has 1 saturated heterocycles. The Labute approximate surface area is 109 Å². The average molecular weight is 250 g/mol. The highest BCUT2D eigenvalue weighted by atomic mass is 16.5. The normalized spacial score (nSPS) is 24.4. The van der Waals surface area contributed by atoms with E-state index in [9.17, 15) is 5.11 Å². The van der Waals surface area contributed by atoms with Gasteiger partial charge in [-0.3, -0.25) is 9.88 Å². The van der Waals surface area contributed by atoms with Crippen molar-refractivity contribution in [2.75, 3.05) is 19.8 Å². The Morgan fingerprint density at radius 2 is 2.33 bits per heavy atom. The lowest BCUT2D eigenvalue weighted by Gasteiger charge is -2.24. The maximum atomic E-state index is 9.42. The number of aromatic nitrogens is 1. The zero-order valence-electron chi connectivity index (χ0n) is 11.2. The van der Waals surface area contributed by atoms with Crippen molar-refractivity contribution in [3.63, 3.8) is 0 Å². The summed E-state index contributed by atoms with van der Waals surface area (Å²) in [5.41, 5.74) is 1.03. The number of ether oxygens (including phenoxy) is 1. The zero-order valence-corrected chi connectivity index (χ0v) is 11.2. The fourth-order valence-electron chi connectivity index (χ4n) is 2.54. The molecule has 1 aromatic rings. The molecule has 0 radical (unpaired) electrons. The van der Waals surface area contributed by atoms with Gasteiger partial charge < -0.3 is 9.84 Å². The second-order valence-corrected chi connectivity index (χ2v) is 4.90. The predicted molar refractivity (Wildman–Crippen MR) is 70.5 cm³/mol. The van der Waals surface area contributed by atoms with Crippen LogP contribution in [0.1, 0.15) is 26.0 Å². The van der Waals surface area contributed by atoms with Gasteiger partial charge in [-0.2, -0.15) is 0 Å². The van der Waals surface area contributed by atoms with Crippen molar-refractivity contribution in [1.82, 2.24) is 9.88 Å². The van der Waals surface area contributed by atoms with E-state index >= 15 is 0 Å². The summed E-state index contributed by atoms with van der Waals surface area (Å²) in [6.07, 6.45) is 2.93. The molecule has 0 aliphatic carbocycles. The van der Waals surface area contributed by atoms with E-state index in [1.54, 1.807) is 6.20 Å². The zero-order chi connectivity index (χ0) is 13.0. The fraction of sp³-hybridized carbons (Fsp3) is 0.643. The number of rotatable bonds is 5. The molecule has 2 atom stereocenters. The molecule has 1 aromatic heterocycles. The number of pyridine rings is 1. The minimum atomic E-state index is 0.234. The SMILES string of the molecule is CCOc1ccc(CN2CC[C@@H](C)[C@@H]2CO)nc1. The highest BCUT2D eigenvalue weighted by Crippen LogP contribution is 2.25. The van der Waals surface area contributed by atoms with Gasteiger partial charge in [0.2, 0.25) is 0 Å². The van der Waals surface area contributed by atoms with E-state index in [1.165, 1.54) is 0 Å². The van der Waals surface area contributed by atoms with Crippen LogP contribution in [-0.2, 0) is 6.54 Å². The molecular weight excluding hydrogens is 228 g/mol. The minimum Gasteiger partial charge on any atom is -0.492 e. The second-order valence-electron chi connectivity index (χ2n) is 4.90. The van der Waals surface area contributed by atoms with Crippen LogP contribution in [0.25, 0.3) is 0 Å². The van der Waals surface area contributed by atoms with Gasteiger partial charge in [0.1, 0.15) is 5.75 Å². The lowest BCUT2D eigenvalue weighted by molar-refractivity contribution is 0.133. The van der Waals surface area contributed by atoms with Crippen LogP contribution in [0.3, 0.4) is 0 Å². The Morgan fingerprint density at radius 3 is 2.94 bits per heavy atom. The molecule has 18 heavy (non-hydrogen) atoms. The van der Waals surface area contributed by atoms with E-state index in [1.807, 2.05) is 19.1 Å². The number of nitrogens with zero attached hydrogens (tertiary/aromatic N) is 2. The highest BCUT2D eigenvalue weighted by Gasteiger charge is 2.30. The molecule has 4 nitrogen and oxygen atoms in total. The smallest absolute Gasteiger partial charge is 0.137 e. The predicted octanol–water partition coefficient (Wildman–Crippen LogP) is 1.68. The lowest BCUT2D eigenvalue weighted by atomic mass is 10.0. The van der Waals surface area contributed by atoms with E-state index < -0.39 is 0 Å². The molecule has 2 heterocycles. The first kappa shape index (κ1) is 13.3. The molecule has 0 unspecified atom stereocenters. The maximum Gasteiger partial charge on any atom is 0.137 e. The van der Waals surface area contributed by atoms with Crippen LogP contribution in [0.2, 0.25) is 0 Å². The fourth-order valence-corrected chi connectivity index (χ4v) is 2.54. The third kappa shape index (κ3) is 3.00. The largest absolute Gasteiger partial charge is 0.492 e. The van der Waals surface area contributed by atoms with Crippen LogP contribution in [0.5, 0.6) is 5.75 Å². The second kappa shape index (κ2) is 6.16. The lowest BCUT2D eigenvalue weighted by Crippen LogP contribution is -2.34. The van der Waals surface area contributed by atoms with Crippen LogP contribution < -0.4 is 4.74 Å². The van der Waals surface area contributed by atoms with Crippen molar-refractivity contribution in [3.05, 3.63) is 24.0 Å². The van der Waals surface area contributed by atoms with Gasteiger partial charge in [-0.1, -0.05) is 6.92 Å². The van der Waals surface area contributed by atoms with Crippen LogP contribution in [0.15, 0.2) is 18.3 Å². The summed E-state index contributed by atoms with van der Waals surface area (Å²) in [6.45, 7) is 6.91. The van der Waals surface area contributed by atoms with Crippen LogP contribution in [-0.4, -0.2) is 40.8 Å². The Morgan fingerprint density at radius 1 is 1.50 bits per heavy atom. The van der Waals surface area contributed by atoms with E-state index in [4.69, 9.17) is 4.74 Å². The summed E-state index contributed by atoms with van der Waals surface area (Å²) in [7, 11) is 0. The highest BCUT2D eigenvalue weighted by molar-refractivity contribution is 5.19.